The van der Waals surface area contributed by atoms with Crippen molar-refractivity contribution in [2.45, 2.75) is 32.1 Å². The van der Waals surface area contributed by atoms with Gasteiger partial charge in [-0.1, -0.05) is 172 Å². The van der Waals surface area contributed by atoms with Crippen molar-refractivity contribution < 1.29 is 0 Å². The van der Waals surface area contributed by atoms with Crippen molar-refractivity contribution in [1.29, 1.82) is 0 Å². The highest BCUT2D eigenvalue weighted by Gasteiger charge is 2.35. The zero-order valence-electron chi connectivity index (χ0n) is 29.7. The van der Waals surface area contributed by atoms with E-state index >= 15 is 0 Å². The number of rotatable bonds is 6. The summed E-state index contributed by atoms with van der Waals surface area (Å²) in [7, 11) is 0. The van der Waals surface area contributed by atoms with Crippen LogP contribution in [0.2, 0.25) is 0 Å². The maximum Gasteiger partial charge on any atom is 0.0159 e. The largest absolute Gasteiger partial charge is 0.125 e. The first-order chi connectivity index (χ1) is 25.5. The second-order valence-corrected chi connectivity index (χ2v) is 14.6. The molecule has 0 saturated carbocycles. The zero-order valence-corrected chi connectivity index (χ0v) is 29.7. The van der Waals surface area contributed by atoms with Crippen LogP contribution >= 0.6 is 0 Å². The quantitative estimate of drug-likeness (QED) is 0.155. The first-order valence-corrected chi connectivity index (χ1v) is 18.4. The smallest absolute Gasteiger partial charge is 0.0159 e. The molecule has 0 radical (unpaired) electrons. The number of hydrogen-bond acceptors (Lipinski definition) is 0. The van der Waals surface area contributed by atoms with Gasteiger partial charge in [0.2, 0.25) is 0 Å². The number of hydrogen-bond donors (Lipinski definition) is 0. The second-order valence-electron chi connectivity index (χ2n) is 14.6. The number of benzene rings is 7. The van der Waals surface area contributed by atoms with Gasteiger partial charge in [0.1, 0.15) is 0 Å². The molecule has 0 aromatic heterocycles. The topological polar surface area (TPSA) is 0 Å². The van der Waals surface area contributed by atoms with Crippen LogP contribution in [0.4, 0.5) is 0 Å². The van der Waals surface area contributed by atoms with E-state index in [1.165, 1.54) is 88.7 Å². The van der Waals surface area contributed by atoms with Gasteiger partial charge in [0, 0.05) is 5.41 Å². The molecule has 7 aromatic carbocycles. The van der Waals surface area contributed by atoms with Gasteiger partial charge >= 0.3 is 0 Å². The van der Waals surface area contributed by atoms with Crippen LogP contribution in [-0.2, 0) is 11.8 Å². The molecule has 2 aliphatic rings. The minimum Gasteiger partial charge on any atom is -0.125 e. The molecule has 9 rings (SSSR count). The Morgan fingerprint density at radius 3 is 2.10 bits per heavy atom. The molecule has 0 N–H and O–H groups in total. The highest BCUT2D eigenvalue weighted by atomic mass is 14.4. The molecule has 248 valence electrons. The predicted octanol–water partition coefficient (Wildman–Crippen LogP) is 13.5. The Morgan fingerprint density at radius 2 is 1.25 bits per heavy atom. The summed E-state index contributed by atoms with van der Waals surface area (Å²) in [5.74, 6) is 0. The van der Waals surface area contributed by atoms with E-state index in [0.29, 0.717) is 0 Å². The summed E-state index contributed by atoms with van der Waals surface area (Å²) in [4.78, 5) is 0. The molecule has 0 spiro atoms. The van der Waals surface area contributed by atoms with Gasteiger partial charge in [-0.2, -0.15) is 0 Å². The molecule has 0 heterocycles. The Labute approximate surface area is 307 Å². The summed E-state index contributed by atoms with van der Waals surface area (Å²) in [6, 6.07) is 58.4. The van der Waals surface area contributed by atoms with Crippen molar-refractivity contribution >= 4 is 16.3 Å². The molecule has 0 atom stereocenters. The maximum absolute atomic E-state index is 3.33. The van der Waals surface area contributed by atoms with Crippen molar-refractivity contribution in [2.24, 2.45) is 0 Å². The van der Waals surface area contributed by atoms with Crippen LogP contribution in [0, 0.1) is 0 Å². The summed E-state index contributed by atoms with van der Waals surface area (Å²) in [5.41, 5.74) is 21.6. The normalized spacial score (nSPS) is 15.0. The fourth-order valence-corrected chi connectivity index (χ4v) is 8.38. The summed E-state index contributed by atoms with van der Waals surface area (Å²) in [6.45, 7) is 4.70. The summed E-state index contributed by atoms with van der Waals surface area (Å²) in [5, 5.41) is 2.53. The average Bonchev–Trinajstić information content (AvgIpc) is 3.33. The molecule has 0 unspecified atom stereocenters. The standard InChI is InChI=1S/C52H40/c1-52(2)49-25-15-14-24-46(49)47-31-30-42(35-50(47)52)36-26-28-39(29-27-36)51(38-18-6-3-4-7-19-38)45-23-13-12-22-43(45)33-44-32-40-20-10-11-21-41(40)34-48(44)37-16-8-5-9-17-37/h3,5-18,20-32,34-35H,19,33H2,1-2H3/b51-38-. The lowest BCUT2D eigenvalue weighted by Crippen LogP contribution is -2.14. The maximum atomic E-state index is 3.33. The SMILES string of the molecule is CC1(C)c2ccccc2-c2ccc(-c3ccc(/C(=C4\C=CC=C=CC4)c4ccccc4Cc4cc5ccccc5cc4-c4ccccc4)cc3)cc21. The lowest BCUT2D eigenvalue weighted by atomic mass is 9.81. The van der Waals surface area contributed by atoms with Crippen LogP contribution in [0.3, 0.4) is 0 Å². The molecule has 2 aliphatic carbocycles. The van der Waals surface area contributed by atoms with Crippen LogP contribution in [0.1, 0.15) is 53.6 Å². The van der Waals surface area contributed by atoms with Gasteiger partial charge in [0.15, 0.2) is 0 Å². The molecule has 0 nitrogen and oxygen atoms in total. The highest BCUT2D eigenvalue weighted by Crippen LogP contribution is 2.49. The van der Waals surface area contributed by atoms with Crippen LogP contribution in [-0.4, -0.2) is 0 Å². The first-order valence-electron chi connectivity index (χ1n) is 18.4. The molecule has 0 heteroatoms. The molecular formula is C52H40. The van der Waals surface area contributed by atoms with Crippen molar-refractivity contribution in [3.05, 3.63) is 227 Å². The van der Waals surface area contributed by atoms with Crippen LogP contribution in [0.25, 0.3) is 49.7 Å². The molecule has 0 fully saturated rings. The minimum atomic E-state index is -0.0258. The van der Waals surface area contributed by atoms with E-state index in [9.17, 15) is 0 Å². The van der Waals surface area contributed by atoms with Crippen molar-refractivity contribution in [2.75, 3.05) is 0 Å². The van der Waals surface area contributed by atoms with Crippen LogP contribution in [0.5, 0.6) is 0 Å². The third-order valence-corrected chi connectivity index (χ3v) is 11.1. The van der Waals surface area contributed by atoms with Gasteiger partial charge in [-0.15, -0.1) is 5.73 Å². The highest BCUT2D eigenvalue weighted by molar-refractivity contribution is 5.91. The molecule has 52 heavy (non-hydrogen) atoms. The summed E-state index contributed by atoms with van der Waals surface area (Å²) < 4.78 is 0. The van der Waals surface area contributed by atoms with E-state index in [4.69, 9.17) is 0 Å². The molecule has 7 aromatic rings. The van der Waals surface area contributed by atoms with Crippen molar-refractivity contribution in [3.8, 4) is 33.4 Å². The van der Waals surface area contributed by atoms with E-state index in [-0.39, 0.29) is 5.41 Å². The minimum absolute atomic E-state index is 0.0258. The second kappa shape index (κ2) is 13.2. The molecule has 0 bridgehead atoms. The summed E-state index contributed by atoms with van der Waals surface area (Å²) in [6.07, 6.45) is 10.2. The van der Waals surface area contributed by atoms with Gasteiger partial charge in [0.05, 0.1) is 0 Å². The average molecular weight is 665 g/mol. The lowest BCUT2D eigenvalue weighted by molar-refractivity contribution is 0.660. The van der Waals surface area contributed by atoms with Gasteiger partial charge in [-0.05, 0) is 126 Å². The Kier molecular flexibility index (Phi) is 8.04. The third kappa shape index (κ3) is 5.68. The lowest BCUT2D eigenvalue weighted by Gasteiger charge is -2.22. The zero-order chi connectivity index (χ0) is 35.1. The van der Waals surface area contributed by atoms with E-state index in [2.05, 4.69) is 196 Å². The van der Waals surface area contributed by atoms with Crippen LogP contribution in [0.15, 0.2) is 193 Å². The van der Waals surface area contributed by atoms with Crippen molar-refractivity contribution in [1.82, 2.24) is 0 Å². The van der Waals surface area contributed by atoms with E-state index in [1.54, 1.807) is 0 Å². The monoisotopic (exact) mass is 664 g/mol. The Morgan fingerprint density at radius 1 is 0.558 bits per heavy atom. The molecular weight excluding hydrogens is 625 g/mol. The Balaban J connectivity index is 1.13. The molecule has 0 amide bonds. The van der Waals surface area contributed by atoms with Gasteiger partial charge in [0.25, 0.3) is 0 Å². The van der Waals surface area contributed by atoms with E-state index in [0.717, 1.165) is 12.8 Å². The number of fused-ring (bicyclic) bond motifs is 4. The van der Waals surface area contributed by atoms with E-state index < -0.39 is 0 Å². The number of allylic oxidation sites excluding steroid dienone is 4. The van der Waals surface area contributed by atoms with Crippen molar-refractivity contribution in [3.63, 3.8) is 0 Å². The van der Waals surface area contributed by atoms with Gasteiger partial charge < -0.3 is 0 Å². The van der Waals surface area contributed by atoms with Crippen LogP contribution < -0.4 is 0 Å². The Hall–Kier alpha value is -6.20. The molecule has 0 aliphatic heterocycles. The first kappa shape index (κ1) is 31.8. The third-order valence-electron chi connectivity index (χ3n) is 11.1. The predicted molar refractivity (Wildman–Crippen MR) is 221 cm³/mol. The van der Waals surface area contributed by atoms with E-state index in [1.807, 2.05) is 6.08 Å². The van der Waals surface area contributed by atoms with Gasteiger partial charge in [-0.3, -0.25) is 0 Å². The fraction of sp³-hybridized carbons (Fsp3) is 0.0962. The molecule has 0 saturated heterocycles. The Bertz CT molecular complexity index is 2600. The van der Waals surface area contributed by atoms with Gasteiger partial charge in [-0.25, -0.2) is 0 Å². The fourth-order valence-electron chi connectivity index (χ4n) is 8.38. The summed E-state index contributed by atoms with van der Waals surface area (Å²) >= 11 is 0.